The van der Waals surface area contributed by atoms with E-state index in [9.17, 15) is 5.11 Å². The van der Waals surface area contributed by atoms with E-state index < -0.39 is 0 Å². The SMILES string of the molecule is COCCNCC1CCCN(CCC(C)O)C1. The predicted molar refractivity (Wildman–Crippen MR) is 70.2 cm³/mol. The van der Waals surface area contributed by atoms with Crippen molar-refractivity contribution in [2.45, 2.75) is 32.3 Å². The highest BCUT2D eigenvalue weighted by atomic mass is 16.5. The Balaban J connectivity index is 2.10. The number of rotatable bonds is 8. The first-order chi connectivity index (χ1) is 8.22. The van der Waals surface area contributed by atoms with Gasteiger partial charge in [0.1, 0.15) is 0 Å². The summed E-state index contributed by atoms with van der Waals surface area (Å²) in [6.07, 6.45) is 3.33. The number of ether oxygens (including phenoxy) is 1. The molecular formula is C13H28N2O2. The molecule has 1 rings (SSSR count). The first-order valence-electron chi connectivity index (χ1n) is 6.82. The van der Waals surface area contributed by atoms with Gasteiger partial charge in [-0.3, -0.25) is 0 Å². The highest BCUT2D eigenvalue weighted by molar-refractivity contribution is 4.75. The Morgan fingerprint density at radius 2 is 2.35 bits per heavy atom. The van der Waals surface area contributed by atoms with Gasteiger partial charge in [-0.15, -0.1) is 0 Å². The lowest BCUT2D eigenvalue weighted by Gasteiger charge is -2.33. The lowest BCUT2D eigenvalue weighted by atomic mass is 9.97. The molecule has 0 aliphatic carbocycles. The molecule has 4 nitrogen and oxygen atoms in total. The van der Waals surface area contributed by atoms with Crippen LogP contribution in [0.15, 0.2) is 0 Å². The third-order valence-electron chi connectivity index (χ3n) is 3.38. The van der Waals surface area contributed by atoms with Crippen molar-refractivity contribution in [3.63, 3.8) is 0 Å². The number of nitrogens with zero attached hydrogens (tertiary/aromatic N) is 1. The van der Waals surface area contributed by atoms with Gasteiger partial charge in [0, 0.05) is 26.7 Å². The van der Waals surface area contributed by atoms with E-state index in [0.717, 1.165) is 38.6 Å². The highest BCUT2D eigenvalue weighted by Crippen LogP contribution is 2.16. The molecule has 0 aromatic carbocycles. The number of nitrogens with one attached hydrogen (secondary N) is 1. The normalized spacial score (nSPS) is 23.8. The van der Waals surface area contributed by atoms with E-state index in [1.165, 1.54) is 25.9 Å². The molecule has 2 atom stereocenters. The molecule has 0 bridgehead atoms. The molecule has 2 N–H and O–H groups in total. The molecule has 1 aliphatic heterocycles. The van der Waals surface area contributed by atoms with Crippen molar-refractivity contribution in [1.82, 2.24) is 10.2 Å². The Hall–Kier alpha value is -0.160. The van der Waals surface area contributed by atoms with Crippen LogP contribution in [0, 0.1) is 5.92 Å². The Labute approximate surface area is 105 Å². The van der Waals surface area contributed by atoms with Crippen molar-refractivity contribution in [3.8, 4) is 0 Å². The minimum absolute atomic E-state index is 0.171. The minimum atomic E-state index is -0.171. The summed E-state index contributed by atoms with van der Waals surface area (Å²) >= 11 is 0. The van der Waals surface area contributed by atoms with Gasteiger partial charge in [-0.1, -0.05) is 0 Å². The van der Waals surface area contributed by atoms with Gasteiger partial charge < -0.3 is 20.1 Å². The summed E-state index contributed by atoms with van der Waals surface area (Å²) in [5.74, 6) is 0.759. The molecule has 0 aromatic rings. The van der Waals surface area contributed by atoms with Crippen LogP contribution in [-0.2, 0) is 4.74 Å². The molecule has 1 aliphatic rings. The number of methoxy groups -OCH3 is 1. The summed E-state index contributed by atoms with van der Waals surface area (Å²) in [4.78, 5) is 2.49. The maximum Gasteiger partial charge on any atom is 0.0587 e. The van der Waals surface area contributed by atoms with E-state index in [-0.39, 0.29) is 6.10 Å². The van der Waals surface area contributed by atoms with Crippen molar-refractivity contribution in [3.05, 3.63) is 0 Å². The minimum Gasteiger partial charge on any atom is -0.393 e. The van der Waals surface area contributed by atoms with Crippen molar-refractivity contribution in [2.75, 3.05) is 46.4 Å². The van der Waals surface area contributed by atoms with Gasteiger partial charge in [-0.05, 0) is 45.2 Å². The van der Waals surface area contributed by atoms with Crippen molar-refractivity contribution in [2.24, 2.45) is 5.92 Å². The highest BCUT2D eigenvalue weighted by Gasteiger charge is 2.19. The number of hydrogen-bond donors (Lipinski definition) is 2. The van der Waals surface area contributed by atoms with E-state index in [1.54, 1.807) is 7.11 Å². The zero-order valence-electron chi connectivity index (χ0n) is 11.3. The second-order valence-corrected chi connectivity index (χ2v) is 5.14. The van der Waals surface area contributed by atoms with Gasteiger partial charge in [0.05, 0.1) is 12.7 Å². The van der Waals surface area contributed by atoms with Gasteiger partial charge in [0.15, 0.2) is 0 Å². The van der Waals surface area contributed by atoms with Gasteiger partial charge in [0.25, 0.3) is 0 Å². The van der Waals surface area contributed by atoms with E-state index in [1.807, 2.05) is 6.92 Å². The third-order valence-corrected chi connectivity index (χ3v) is 3.38. The molecule has 0 spiro atoms. The average Bonchev–Trinajstić information content (AvgIpc) is 2.33. The lowest BCUT2D eigenvalue weighted by Crippen LogP contribution is -2.41. The fourth-order valence-corrected chi connectivity index (χ4v) is 2.37. The quantitative estimate of drug-likeness (QED) is 0.617. The third kappa shape index (κ3) is 6.99. The molecule has 102 valence electrons. The number of likely N-dealkylation sites (tertiary alicyclic amines) is 1. The van der Waals surface area contributed by atoms with Crippen LogP contribution in [0.25, 0.3) is 0 Å². The average molecular weight is 244 g/mol. The predicted octanol–water partition coefficient (Wildman–Crippen LogP) is 0.705. The molecule has 1 fully saturated rings. The molecule has 0 amide bonds. The Kier molecular flexibility index (Phi) is 7.77. The fourth-order valence-electron chi connectivity index (χ4n) is 2.37. The molecule has 0 aromatic heterocycles. The standard InChI is InChI=1S/C13H28N2O2/c1-12(16)5-8-15-7-3-4-13(11-15)10-14-6-9-17-2/h12-14,16H,3-11H2,1-2H3. The molecule has 0 radical (unpaired) electrons. The molecule has 4 heteroatoms. The maximum absolute atomic E-state index is 9.30. The number of hydrogen-bond acceptors (Lipinski definition) is 4. The van der Waals surface area contributed by atoms with Gasteiger partial charge >= 0.3 is 0 Å². The number of aliphatic hydroxyl groups is 1. The molecule has 1 saturated heterocycles. The molecule has 0 saturated carbocycles. The summed E-state index contributed by atoms with van der Waals surface area (Å²) in [7, 11) is 1.74. The smallest absolute Gasteiger partial charge is 0.0587 e. The Bertz CT molecular complexity index is 188. The van der Waals surface area contributed by atoms with Crippen LogP contribution in [0.4, 0.5) is 0 Å². The van der Waals surface area contributed by atoms with Crippen LogP contribution in [0.1, 0.15) is 26.2 Å². The molecule has 1 heterocycles. The summed E-state index contributed by atoms with van der Waals surface area (Å²) in [5.41, 5.74) is 0. The van der Waals surface area contributed by atoms with E-state index in [2.05, 4.69) is 10.2 Å². The zero-order valence-corrected chi connectivity index (χ0v) is 11.3. The van der Waals surface area contributed by atoms with Crippen molar-refractivity contribution in [1.29, 1.82) is 0 Å². The topological polar surface area (TPSA) is 44.7 Å². The van der Waals surface area contributed by atoms with E-state index >= 15 is 0 Å². The maximum atomic E-state index is 9.30. The lowest BCUT2D eigenvalue weighted by molar-refractivity contribution is 0.126. The van der Waals surface area contributed by atoms with Crippen LogP contribution in [0.5, 0.6) is 0 Å². The van der Waals surface area contributed by atoms with Crippen LogP contribution in [0.2, 0.25) is 0 Å². The summed E-state index contributed by atoms with van der Waals surface area (Å²) < 4.78 is 5.02. The van der Waals surface area contributed by atoms with Gasteiger partial charge in [-0.25, -0.2) is 0 Å². The van der Waals surface area contributed by atoms with Crippen LogP contribution in [-0.4, -0.2) is 62.6 Å². The first-order valence-corrected chi connectivity index (χ1v) is 6.82. The zero-order chi connectivity index (χ0) is 12.5. The van der Waals surface area contributed by atoms with Crippen molar-refractivity contribution < 1.29 is 9.84 Å². The molecule has 17 heavy (non-hydrogen) atoms. The van der Waals surface area contributed by atoms with Gasteiger partial charge in [0.2, 0.25) is 0 Å². The molecular weight excluding hydrogens is 216 g/mol. The van der Waals surface area contributed by atoms with E-state index in [4.69, 9.17) is 4.74 Å². The Morgan fingerprint density at radius 3 is 3.06 bits per heavy atom. The van der Waals surface area contributed by atoms with Crippen LogP contribution < -0.4 is 5.32 Å². The largest absolute Gasteiger partial charge is 0.393 e. The molecule has 2 unspecified atom stereocenters. The first kappa shape index (κ1) is 14.9. The van der Waals surface area contributed by atoms with Gasteiger partial charge in [-0.2, -0.15) is 0 Å². The monoisotopic (exact) mass is 244 g/mol. The van der Waals surface area contributed by atoms with E-state index in [0.29, 0.717) is 0 Å². The summed E-state index contributed by atoms with van der Waals surface area (Å²) in [6.45, 7) is 8.10. The second-order valence-electron chi connectivity index (χ2n) is 5.14. The Morgan fingerprint density at radius 1 is 1.53 bits per heavy atom. The number of aliphatic hydroxyl groups excluding tert-OH is 1. The summed E-state index contributed by atoms with van der Waals surface area (Å²) in [5, 5.41) is 12.7. The summed E-state index contributed by atoms with van der Waals surface area (Å²) in [6, 6.07) is 0. The fraction of sp³-hybridized carbons (Fsp3) is 1.00. The second kappa shape index (κ2) is 8.86. The van der Waals surface area contributed by atoms with Crippen molar-refractivity contribution >= 4 is 0 Å². The number of piperidine rings is 1. The van der Waals surface area contributed by atoms with Crippen LogP contribution >= 0.6 is 0 Å². The van der Waals surface area contributed by atoms with Crippen LogP contribution in [0.3, 0.4) is 0 Å².